The quantitative estimate of drug-likeness (QED) is 0.713. The largest absolute Gasteiger partial charge is 0.341 e. The smallest absolute Gasteiger partial charge is 0.219 e. The number of carbonyl (C=O) groups is 1. The van der Waals surface area contributed by atoms with Crippen molar-refractivity contribution in [2.24, 2.45) is 0 Å². The molecule has 0 saturated carbocycles. The number of alkyl halides is 2. The third-order valence-electron chi connectivity index (χ3n) is 1.15. The maximum absolute atomic E-state index is 10.8. The van der Waals surface area contributed by atoms with E-state index in [0.29, 0.717) is 0 Å². The predicted octanol–water partition coefficient (Wildman–Crippen LogP) is 1.62. The van der Waals surface area contributed by atoms with Crippen molar-refractivity contribution in [1.82, 2.24) is 4.90 Å². The number of halogens is 2. The lowest BCUT2D eigenvalue weighted by Gasteiger charge is -2.17. The molecule has 10 heavy (non-hydrogen) atoms. The summed E-state index contributed by atoms with van der Waals surface area (Å²) < 4.78 is 0. The molecule has 0 radical (unpaired) electrons. The SMILES string of the molecule is CC(=O)N(CCBr)CCBr. The minimum atomic E-state index is 0.138. The van der Waals surface area contributed by atoms with E-state index in [1.807, 2.05) is 0 Å². The van der Waals surface area contributed by atoms with Crippen molar-refractivity contribution in [2.45, 2.75) is 6.92 Å². The molecule has 0 N–H and O–H groups in total. The van der Waals surface area contributed by atoms with Crippen LogP contribution in [-0.4, -0.2) is 34.6 Å². The maximum Gasteiger partial charge on any atom is 0.219 e. The normalized spacial score (nSPS) is 9.50. The second kappa shape index (κ2) is 6.16. The van der Waals surface area contributed by atoms with Crippen molar-refractivity contribution in [3.05, 3.63) is 0 Å². The summed E-state index contributed by atoms with van der Waals surface area (Å²) in [6, 6.07) is 0. The van der Waals surface area contributed by atoms with E-state index < -0.39 is 0 Å². The Kier molecular flexibility index (Phi) is 6.43. The van der Waals surface area contributed by atoms with E-state index in [9.17, 15) is 4.79 Å². The van der Waals surface area contributed by atoms with Crippen LogP contribution in [0.1, 0.15) is 6.92 Å². The number of rotatable bonds is 4. The molecular weight excluding hydrogens is 262 g/mol. The Labute approximate surface area is 78.2 Å². The zero-order chi connectivity index (χ0) is 7.98. The Balaban J connectivity index is 3.61. The first-order chi connectivity index (χ1) is 4.72. The molecule has 0 atom stereocenters. The monoisotopic (exact) mass is 271 g/mol. The van der Waals surface area contributed by atoms with E-state index in [0.717, 1.165) is 23.7 Å². The van der Waals surface area contributed by atoms with Crippen molar-refractivity contribution in [2.75, 3.05) is 23.7 Å². The molecule has 60 valence electrons. The van der Waals surface area contributed by atoms with Gasteiger partial charge in [0.05, 0.1) is 0 Å². The van der Waals surface area contributed by atoms with E-state index >= 15 is 0 Å². The molecule has 0 rings (SSSR count). The average Bonchev–Trinajstić information content (AvgIpc) is 1.87. The van der Waals surface area contributed by atoms with Crippen LogP contribution in [0.2, 0.25) is 0 Å². The number of nitrogens with zero attached hydrogens (tertiary/aromatic N) is 1. The number of hydrogen-bond acceptors (Lipinski definition) is 1. The highest BCUT2D eigenvalue weighted by molar-refractivity contribution is 9.09. The fraction of sp³-hybridized carbons (Fsp3) is 0.833. The molecule has 0 heterocycles. The summed E-state index contributed by atoms with van der Waals surface area (Å²) in [6.45, 7) is 3.17. The van der Waals surface area contributed by atoms with E-state index in [1.54, 1.807) is 11.8 Å². The highest BCUT2D eigenvalue weighted by Gasteiger charge is 2.04. The van der Waals surface area contributed by atoms with Gasteiger partial charge in [0.2, 0.25) is 5.91 Å². The van der Waals surface area contributed by atoms with Gasteiger partial charge in [0, 0.05) is 30.7 Å². The molecule has 0 saturated heterocycles. The van der Waals surface area contributed by atoms with Crippen LogP contribution in [0.25, 0.3) is 0 Å². The van der Waals surface area contributed by atoms with Gasteiger partial charge in [-0.25, -0.2) is 0 Å². The molecule has 0 aromatic rings. The van der Waals surface area contributed by atoms with Gasteiger partial charge in [-0.05, 0) is 0 Å². The van der Waals surface area contributed by atoms with Crippen molar-refractivity contribution >= 4 is 37.8 Å². The van der Waals surface area contributed by atoms with Crippen LogP contribution in [0.5, 0.6) is 0 Å². The molecule has 0 fully saturated rings. The first-order valence-electron chi connectivity index (χ1n) is 3.09. The molecule has 4 heteroatoms. The minimum absolute atomic E-state index is 0.138. The fourth-order valence-corrected chi connectivity index (χ4v) is 1.49. The van der Waals surface area contributed by atoms with Crippen LogP contribution in [-0.2, 0) is 4.79 Å². The Morgan fingerprint density at radius 1 is 1.30 bits per heavy atom. The Hall–Kier alpha value is 0.430. The van der Waals surface area contributed by atoms with Crippen LogP contribution in [0.3, 0.4) is 0 Å². The Morgan fingerprint density at radius 3 is 1.90 bits per heavy atom. The lowest BCUT2D eigenvalue weighted by Crippen LogP contribution is -2.32. The minimum Gasteiger partial charge on any atom is -0.341 e. The second-order valence-electron chi connectivity index (χ2n) is 1.88. The predicted molar refractivity (Wildman–Crippen MR) is 49.8 cm³/mol. The summed E-state index contributed by atoms with van der Waals surface area (Å²) in [4.78, 5) is 12.6. The van der Waals surface area contributed by atoms with Crippen LogP contribution >= 0.6 is 31.9 Å². The third kappa shape index (κ3) is 4.28. The van der Waals surface area contributed by atoms with Gasteiger partial charge >= 0.3 is 0 Å². The molecular formula is C6H11Br2NO. The van der Waals surface area contributed by atoms with Gasteiger partial charge in [0.15, 0.2) is 0 Å². The van der Waals surface area contributed by atoms with Crippen molar-refractivity contribution in [3.63, 3.8) is 0 Å². The molecule has 0 aliphatic rings. The fourth-order valence-electron chi connectivity index (χ4n) is 0.631. The van der Waals surface area contributed by atoms with E-state index in [-0.39, 0.29) is 5.91 Å². The van der Waals surface area contributed by atoms with Crippen LogP contribution in [0.15, 0.2) is 0 Å². The van der Waals surface area contributed by atoms with E-state index in [4.69, 9.17) is 0 Å². The molecule has 1 amide bonds. The summed E-state index contributed by atoms with van der Waals surface area (Å²) in [5.41, 5.74) is 0. The topological polar surface area (TPSA) is 20.3 Å². The van der Waals surface area contributed by atoms with Gasteiger partial charge in [0.1, 0.15) is 0 Å². The molecule has 0 aromatic heterocycles. The molecule has 0 spiro atoms. The zero-order valence-electron chi connectivity index (χ0n) is 5.94. The molecule has 2 nitrogen and oxygen atoms in total. The first kappa shape index (κ1) is 10.4. The zero-order valence-corrected chi connectivity index (χ0v) is 9.11. The first-order valence-corrected chi connectivity index (χ1v) is 5.34. The van der Waals surface area contributed by atoms with Gasteiger partial charge in [-0.1, -0.05) is 31.9 Å². The van der Waals surface area contributed by atoms with Gasteiger partial charge in [-0.2, -0.15) is 0 Å². The van der Waals surface area contributed by atoms with Crippen LogP contribution < -0.4 is 0 Å². The maximum atomic E-state index is 10.8. The number of amides is 1. The van der Waals surface area contributed by atoms with E-state index in [2.05, 4.69) is 31.9 Å². The molecule has 0 unspecified atom stereocenters. The molecule has 0 bridgehead atoms. The standard InChI is InChI=1S/C6H11Br2NO/c1-6(10)9(4-2-7)5-3-8/h2-5H2,1H3. The van der Waals surface area contributed by atoms with Gasteiger partial charge in [-0.3, -0.25) is 4.79 Å². The molecule has 0 aliphatic carbocycles. The summed E-state index contributed by atoms with van der Waals surface area (Å²) >= 11 is 6.56. The van der Waals surface area contributed by atoms with Crippen molar-refractivity contribution in [3.8, 4) is 0 Å². The number of hydrogen-bond donors (Lipinski definition) is 0. The van der Waals surface area contributed by atoms with Gasteiger partial charge < -0.3 is 4.90 Å². The molecule has 0 aromatic carbocycles. The van der Waals surface area contributed by atoms with Gasteiger partial charge in [-0.15, -0.1) is 0 Å². The van der Waals surface area contributed by atoms with Crippen LogP contribution in [0, 0.1) is 0 Å². The Morgan fingerprint density at radius 2 is 1.70 bits per heavy atom. The van der Waals surface area contributed by atoms with Crippen molar-refractivity contribution < 1.29 is 4.79 Å². The lowest BCUT2D eigenvalue weighted by atomic mass is 10.5. The second-order valence-corrected chi connectivity index (χ2v) is 3.47. The lowest BCUT2D eigenvalue weighted by molar-refractivity contribution is -0.128. The summed E-state index contributed by atoms with van der Waals surface area (Å²) in [7, 11) is 0. The highest BCUT2D eigenvalue weighted by Crippen LogP contribution is 1.93. The number of carbonyl (C=O) groups excluding carboxylic acids is 1. The summed E-state index contributed by atoms with van der Waals surface area (Å²) in [5, 5.41) is 1.69. The molecule has 0 aliphatic heterocycles. The highest BCUT2D eigenvalue weighted by atomic mass is 79.9. The Bertz CT molecular complexity index is 102. The summed E-state index contributed by atoms with van der Waals surface area (Å²) in [5.74, 6) is 0.138. The van der Waals surface area contributed by atoms with E-state index in [1.165, 1.54) is 0 Å². The average molecular weight is 273 g/mol. The third-order valence-corrected chi connectivity index (χ3v) is 1.86. The van der Waals surface area contributed by atoms with Gasteiger partial charge in [0.25, 0.3) is 0 Å². The summed E-state index contributed by atoms with van der Waals surface area (Å²) in [6.07, 6.45) is 0. The van der Waals surface area contributed by atoms with Crippen molar-refractivity contribution in [1.29, 1.82) is 0 Å². The van der Waals surface area contributed by atoms with Crippen LogP contribution in [0.4, 0.5) is 0 Å².